The van der Waals surface area contributed by atoms with Gasteiger partial charge in [-0.2, -0.15) is 0 Å². The first-order valence-corrected chi connectivity index (χ1v) is 5.89. The van der Waals surface area contributed by atoms with Crippen molar-refractivity contribution in [3.8, 4) is 17.0 Å². The zero-order valence-corrected chi connectivity index (χ0v) is 10.8. The fourth-order valence-corrected chi connectivity index (χ4v) is 1.60. The zero-order chi connectivity index (χ0) is 13.7. The highest BCUT2D eigenvalue weighted by atomic mass is 16.5. The van der Waals surface area contributed by atoms with E-state index in [1.165, 1.54) is 13.3 Å². The first-order chi connectivity index (χ1) is 9.24. The smallest absolute Gasteiger partial charge is 0.376 e. The van der Waals surface area contributed by atoms with Crippen LogP contribution in [0.3, 0.4) is 0 Å². The van der Waals surface area contributed by atoms with Gasteiger partial charge in [0.2, 0.25) is 5.82 Å². The van der Waals surface area contributed by atoms with E-state index in [1.54, 1.807) is 6.07 Å². The van der Waals surface area contributed by atoms with Gasteiger partial charge in [-0.3, -0.25) is 0 Å². The summed E-state index contributed by atoms with van der Waals surface area (Å²) in [5.41, 5.74) is 1.55. The highest BCUT2D eigenvalue weighted by molar-refractivity contribution is 5.85. The molecule has 19 heavy (non-hydrogen) atoms. The second-order valence-electron chi connectivity index (χ2n) is 3.71. The fourth-order valence-electron chi connectivity index (χ4n) is 1.60. The summed E-state index contributed by atoms with van der Waals surface area (Å²) in [6.45, 7) is 2.56. The van der Waals surface area contributed by atoms with Gasteiger partial charge in [0.1, 0.15) is 5.75 Å². The molecule has 1 aromatic heterocycles. The van der Waals surface area contributed by atoms with Crippen molar-refractivity contribution in [3.63, 3.8) is 0 Å². The maximum Gasteiger partial charge on any atom is 0.376 e. The molecule has 0 saturated carbocycles. The molecule has 98 valence electrons. The molecule has 0 atom stereocenters. The average molecular weight is 258 g/mol. The number of esters is 1. The van der Waals surface area contributed by atoms with E-state index >= 15 is 0 Å². The van der Waals surface area contributed by atoms with Gasteiger partial charge in [-0.25, -0.2) is 14.8 Å². The summed E-state index contributed by atoms with van der Waals surface area (Å²) in [7, 11) is 1.30. The third kappa shape index (κ3) is 3.07. The molecule has 0 saturated heterocycles. The van der Waals surface area contributed by atoms with Crippen molar-refractivity contribution in [2.24, 2.45) is 0 Å². The van der Waals surface area contributed by atoms with Crippen LogP contribution in [0.5, 0.6) is 5.75 Å². The second-order valence-corrected chi connectivity index (χ2v) is 3.71. The van der Waals surface area contributed by atoms with Gasteiger partial charge in [0.05, 0.1) is 19.4 Å². The molecule has 0 bridgehead atoms. The molecular formula is C14H14N2O3. The van der Waals surface area contributed by atoms with Crippen molar-refractivity contribution < 1.29 is 14.3 Å². The van der Waals surface area contributed by atoms with E-state index in [-0.39, 0.29) is 5.82 Å². The molecule has 2 rings (SSSR count). The van der Waals surface area contributed by atoms with Gasteiger partial charge in [-0.1, -0.05) is 0 Å². The minimum absolute atomic E-state index is 0.0499. The van der Waals surface area contributed by atoms with Gasteiger partial charge in [0, 0.05) is 11.8 Å². The Kier molecular flexibility index (Phi) is 4.07. The third-order valence-corrected chi connectivity index (χ3v) is 2.48. The number of aromatic nitrogens is 2. The highest BCUT2D eigenvalue weighted by Crippen LogP contribution is 2.20. The fraction of sp³-hybridized carbons (Fsp3) is 0.214. The van der Waals surface area contributed by atoms with Crippen molar-refractivity contribution in [1.82, 2.24) is 9.97 Å². The molecule has 0 radical (unpaired) electrons. The molecule has 0 N–H and O–H groups in total. The number of carbonyl (C=O) groups is 1. The Morgan fingerprint density at radius 2 is 1.95 bits per heavy atom. The predicted molar refractivity (Wildman–Crippen MR) is 70.0 cm³/mol. The number of carbonyl (C=O) groups excluding carboxylic acids is 1. The molecule has 0 aliphatic carbocycles. The standard InChI is InChI=1S/C14H14N2O3/c1-3-19-11-6-4-10(5-7-11)12-8-9-15-13(16-12)14(17)18-2/h4-9H,3H2,1-2H3. The molecule has 0 amide bonds. The molecule has 5 heteroatoms. The van der Waals surface area contributed by atoms with Gasteiger partial charge < -0.3 is 9.47 Å². The lowest BCUT2D eigenvalue weighted by molar-refractivity contribution is 0.0587. The first kappa shape index (κ1) is 13.0. The van der Waals surface area contributed by atoms with Crippen LogP contribution in [0.25, 0.3) is 11.3 Å². The Morgan fingerprint density at radius 1 is 1.21 bits per heavy atom. The molecule has 2 aromatic rings. The van der Waals surface area contributed by atoms with Crippen LogP contribution >= 0.6 is 0 Å². The summed E-state index contributed by atoms with van der Waals surface area (Å²) in [6.07, 6.45) is 1.53. The third-order valence-electron chi connectivity index (χ3n) is 2.48. The molecule has 0 fully saturated rings. The highest BCUT2D eigenvalue weighted by Gasteiger charge is 2.10. The molecule has 0 aliphatic heterocycles. The second kappa shape index (κ2) is 5.95. The lowest BCUT2D eigenvalue weighted by Crippen LogP contribution is -2.07. The van der Waals surface area contributed by atoms with Crippen molar-refractivity contribution in [3.05, 3.63) is 42.4 Å². The minimum atomic E-state index is -0.548. The van der Waals surface area contributed by atoms with Gasteiger partial charge >= 0.3 is 5.97 Å². The van der Waals surface area contributed by atoms with Gasteiger partial charge in [0.15, 0.2) is 0 Å². The molecule has 1 heterocycles. The van der Waals surface area contributed by atoms with Crippen LogP contribution in [0.15, 0.2) is 36.5 Å². The minimum Gasteiger partial charge on any atom is -0.494 e. The van der Waals surface area contributed by atoms with E-state index in [2.05, 4.69) is 14.7 Å². The number of hydrogen-bond acceptors (Lipinski definition) is 5. The monoisotopic (exact) mass is 258 g/mol. The normalized spacial score (nSPS) is 10.0. The number of methoxy groups -OCH3 is 1. The van der Waals surface area contributed by atoms with Crippen molar-refractivity contribution >= 4 is 5.97 Å². The Balaban J connectivity index is 2.28. The van der Waals surface area contributed by atoms with Crippen molar-refractivity contribution in [1.29, 1.82) is 0 Å². The largest absolute Gasteiger partial charge is 0.494 e. The maximum atomic E-state index is 11.4. The van der Waals surface area contributed by atoms with E-state index in [0.29, 0.717) is 12.3 Å². The van der Waals surface area contributed by atoms with Gasteiger partial charge in [-0.05, 0) is 37.3 Å². The Bertz CT molecular complexity index is 567. The van der Waals surface area contributed by atoms with Gasteiger partial charge in [-0.15, -0.1) is 0 Å². The van der Waals surface area contributed by atoms with Gasteiger partial charge in [0.25, 0.3) is 0 Å². The SMILES string of the molecule is CCOc1ccc(-c2ccnc(C(=O)OC)n2)cc1. The number of nitrogens with zero attached hydrogens (tertiary/aromatic N) is 2. The van der Waals surface area contributed by atoms with Crippen LogP contribution < -0.4 is 4.74 Å². The summed E-state index contributed by atoms with van der Waals surface area (Å²) in [4.78, 5) is 19.4. The van der Waals surface area contributed by atoms with E-state index < -0.39 is 5.97 Å². The van der Waals surface area contributed by atoms with E-state index in [4.69, 9.17) is 4.74 Å². The zero-order valence-electron chi connectivity index (χ0n) is 10.8. The summed E-state index contributed by atoms with van der Waals surface area (Å²) in [5.74, 6) is 0.301. The Morgan fingerprint density at radius 3 is 2.58 bits per heavy atom. The number of ether oxygens (including phenoxy) is 2. The molecule has 5 nitrogen and oxygen atoms in total. The summed E-state index contributed by atoms with van der Waals surface area (Å²) < 4.78 is 9.96. The van der Waals surface area contributed by atoms with Crippen molar-refractivity contribution in [2.45, 2.75) is 6.92 Å². The molecule has 0 spiro atoms. The molecule has 1 aromatic carbocycles. The maximum absolute atomic E-state index is 11.4. The predicted octanol–water partition coefficient (Wildman–Crippen LogP) is 2.33. The quantitative estimate of drug-likeness (QED) is 0.788. The van der Waals surface area contributed by atoms with E-state index in [1.807, 2.05) is 31.2 Å². The Hall–Kier alpha value is -2.43. The van der Waals surface area contributed by atoms with Crippen LogP contribution in [-0.2, 0) is 4.74 Å². The number of rotatable bonds is 4. The first-order valence-electron chi connectivity index (χ1n) is 5.89. The summed E-state index contributed by atoms with van der Waals surface area (Å²) in [5, 5.41) is 0. The van der Waals surface area contributed by atoms with E-state index in [9.17, 15) is 4.79 Å². The van der Waals surface area contributed by atoms with Crippen molar-refractivity contribution in [2.75, 3.05) is 13.7 Å². The molecular weight excluding hydrogens is 244 g/mol. The average Bonchev–Trinajstić information content (AvgIpc) is 2.48. The van der Waals surface area contributed by atoms with Crippen LogP contribution in [0.4, 0.5) is 0 Å². The number of hydrogen-bond donors (Lipinski definition) is 0. The lowest BCUT2D eigenvalue weighted by atomic mass is 10.1. The molecule has 0 unspecified atom stereocenters. The van der Waals surface area contributed by atoms with Crippen LogP contribution in [0.2, 0.25) is 0 Å². The van der Waals surface area contributed by atoms with Crippen LogP contribution in [0.1, 0.15) is 17.5 Å². The lowest BCUT2D eigenvalue weighted by Gasteiger charge is -2.05. The van der Waals surface area contributed by atoms with Crippen LogP contribution in [-0.4, -0.2) is 29.7 Å². The summed E-state index contributed by atoms with van der Waals surface area (Å²) in [6, 6.07) is 9.22. The Labute approximate surface area is 111 Å². The van der Waals surface area contributed by atoms with E-state index in [0.717, 1.165) is 11.3 Å². The number of benzene rings is 1. The van der Waals surface area contributed by atoms with Crippen LogP contribution in [0, 0.1) is 0 Å². The molecule has 0 aliphatic rings. The summed E-state index contributed by atoms with van der Waals surface area (Å²) >= 11 is 0. The topological polar surface area (TPSA) is 61.3 Å².